The SMILES string of the molecule is O=P1(OC2CCC(F)O2)OCCO1. The maximum absolute atomic E-state index is 12.5. The lowest BCUT2D eigenvalue weighted by atomic mass is 10.4. The van der Waals surface area contributed by atoms with E-state index in [1.54, 1.807) is 0 Å². The lowest BCUT2D eigenvalue weighted by molar-refractivity contribution is -0.123. The van der Waals surface area contributed by atoms with Crippen molar-refractivity contribution in [2.24, 2.45) is 0 Å². The number of ether oxygens (including phenoxy) is 1. The van der Waals surface area contributed by atoms with Crippen LogP contribution in [0.5, 0.6) is 0 Å². The van der Waals surface area contributed by atoms with Crippen molar-refractivity contribution in [1.29, 1.82) is 0 Å². The molecule has 5 nitrogen and oxygen atoms in total. The van der Waals surface area contributed by atoms with E-state index in [9.17, 15) is 8.96 Å². The van der Waals surface area contributed by atoms with Crippen molar-refractivity contribution in [2.75, 3.05) is 13.2 Å². The summed E-state index contributed by atoms with van der Waals surface area (Å²) < 4.78 is 42.9. The Morgan fingerprint density at radius 3 is 2.54 bits per heavy atom. The molecule has 0 aliphatic carbocycles. The average molecular weight is 212 g/mol. The lowest BCUT2D eigenvalue weighted by Gasteiger charge is -2.14. The van der Waals surface area contributed by atoms with Crippen LogP contribution in [0.1, 0.15) is 12.8 Å². The highest BCUT2D eigenvalue weighted by atomic mass is 31.2. The van der Waals surface area contributed by atoms with Crippen molar-refractivity contribution in [3.05, 3.63) is 0 Å². The topological polar surface area (TPSA) is 54.0 Å². The minimum Gasteiger partial charge on any atom is -0.318 e. The molecule has 0 amide bonds. The largest absolute Gasteiger partial charge is 0.477 e. The molecule has 0 saturated carbocycles. The van der Waals surface area contributed by atoms with Gasteiger partial charge in [0, 0.05) is 12.8 Å². The van der Waals surface area contributed by atoms with Gasteiger partial charge in [-0.25, -0.2) is 8.96 Å². The Morgan fingerprint density at radius 2 is 2.00 bits per heavy atom. The van der Waals surface area contributed by atoms with E-state index >= 15 is 0 Å². The molecule has 0 aromatic rings. The van der Waals surface area contributed by atoms with E-state index < -0.39 is 20.5 Å². The normalized spacial score (nSPS) is 38.2. The molecule has 0 N–H and O–H groups in total. The molecule has 0 aromatic carbocycles. The molecule has 76 valence electrons. The summed E-state index contributed by atoms with van der Waals surface area (Å²) in [6, 6.07) is 0. The van der Waals surface area contributed by atoms with Crippen LogP contribution in [-0.2, 0) is 22.9 Å². The van der Waals surface area contributed by atoms with Crippen LogP contribution in [0, 0.1) is 0 Å². The van der Waals surface area contributed by atoms with Crippen molar-refractivity contribution < 1.29 is 27.3 Å². The second-order valence-electron chi connectivity index (χ2n) is 2.77. The summed E-state index contributed by atoms with van der Waals surface area (Å²) in [6.07, 6.45) is -1.51. The van der Waals surface area contributed by atoms with Gasteiger partial charge in [0.1, 0.15) is 0 Å². The number of alkyl halides is 1. The van der Waals surface area contributed by atoms with E-state index in [4.69, 9.17) is 13.6 Å². The van der Waals surface area contributed by atoms with E-state index in [0.29, 0.717) is 6.42 Å². The Morgan fingerprint density at radius 1 is 1.31 bits per heavy atom. The van der Waals surface area contributed by atoms with Gasteiger partial charge >= 0.3 is 7.82 Å². The first-order chi connectivity index (χ1) is 6.18. The Kier molecular flexibility index (Phi) is 2.67. The zero-order valence-electron chi connectivity index (χ0n) is 6.85. The number of phosphoric acid groups is 1. The molecule has 2 heterocycles. The summed E-state index contributed by atoms with van der Waals surface area (Å²) in [4.78, 5) is 0. The summed E-state index contributed by atoms with van der Waals surface area (Å²) in [5.41, 5.74) is 0. The molecule has 2 aliphatic rings. The maximum atomic E-state index is 12.5. The zero-order chi connectivity index (χ0) is 9.31. The van der Waals surface area contributed by atoms with Gasteiger partial charge in [-0.1, -0.05) is 0 Å². The van der Waals surface area contributed by atoms with Crippen LogP contribution in [0.3, 0.4) is 0 Å². The minimum absolute atomic E-state index is 0.239. The van der Waals surface area contributed by atoms with Gasteiger partial charge < -0.3 is 4.74 Å². The molecule has 2 fully saturated rings. The fourth-order valence-electron chi connectivity index (χ4n) is 1.19. The summed E-state index contributed by atoms with van der Waals surface area (Å²) in [5.74, 6) is 0. The van der Waals surface area contributed by atoms with Gasteiger partial charge in [-0.3, -0.25) is 13.6 Å². The highest BCUT2D eigenvalue weighted by Gasteiger charge is 2.38. The van der Waals surface area contributed by atoms with Gasteiger partial charge in [0.05, 0.1) is 13.2 Å². The number of phosphoric ester groups is 1. The summed E-state index contributed by atoms with van der Waals surface area (Å²) in [6.45, 7) is 0.478. The smallest absolute Gasteiger partial charge is 0.318 e. The lowest BCUT2D eigenvalue weighted by Crippen LogP contribution is -2.10. The standard InChI is InChI=1S/C6H10FO5P/c7-5-1-2-6(11-5)12-13(8)9-3-4-10-13/h5-6H,1-4H2. The molecular weight excluding hydrogens is 202 g/mol. The van der Waals surface area contributed by atoms with Crippen LogP contribution >= 0.6 is 7.82 Å². The van der Waals surface area contributed by atoms with E-state index in [1.165, 1.54) is 0 Å². The summed E-state index contributed by atoms with van der Waals surface area (Å²) in [5, 5.41) is 0. The van der Waals surface area contributed by atoms with Crippen LogP contribution in [0.15, 0.2) is 0 Å². The fourth-order valence-corrected chi connectivity index (χ4v) is 2.42. The number of rotatable bonds is 2. The average Bonchev–Trinajstić information content (AvgIpc) is 2.62. The van der Waals surface area contributed by atoms with E-state index in [2.05, 4.69) is 4.74 Å². The third kappa shape index (κ3) is 2.27. The van der Waals surface area contributed by atoms with Crippen molar-refractivity contribution in [3.63, 3.8) is 0 Å². The van der Waals surface area contributed by atoms with E-state index in [-0.39, 0.29) is 19.6 Å². The highest BCUT2D eigenvalue weighted by Crippen LogP contribution is 2.54. The summed E-state index contributed by atoms with van der Waals surface area (Å²) in [7, 11) is -3.44. The molecule has 2 rings (SSSR count). The van der Waals surface area contributed by atoms with Gasteiger partial charge in [-0.15, -0.1) is 0 Å². The Balaban J connectivity index is 1.87. The van der Waals surface area contributed by atoms with Crippen LogP contribution in [-0.4, -0.2) is 25.9 Å². The Hall–Kier alpha value is -0.0000000000000000416. The fraction of sp³-hybridized carbons (Fsp3) is 1.00. The predicted octanol–water partition coefficient (Wildman–Crippen LogP) is 1.59. The third-order valence-corrected chi connectivity index (χ3v) is 3.25. The number of hydrogen-bond donors (Lipinski definition) is 0. The predicted molar refractivity (Wildman–Crippen MR) is 39.6 cm³/mol. The van der Waals surface area contributed by atoms with Crippen molar-refractivity contribution in [3.8, 4) is 0 Å². The van der Waals surface area contributed by atoms with E-state index in [0.717, 1.165) is 0 Å². The molecule has 2 aliphatic heterocycles. The minimum atomic E-state index is -3.44. The van der Waals surface area contributed by atoms with Crippen molar-refractivity contribution in [2.45, 2.75) is 25.5 Å². The first-order valence-electron chi connectivity index (χ1n) is 4.05. The monoisotopic (exact) mass is 212 g/mol. The number of hydrogen-bond acceptors (Lipinski definition) is 5. The highest BCUT2D eigenvalue weighted by molar-refractivity contribution is 7.48. The van der Waals surface area contributed by atoms with Gasteiger partial charge in [0.25, 0.3) is 0 Å². The molecule has 2 saturated heterocycles. The molecule has 0 radical (unpaired) electrons. The molecule has 7 heteroatoms. The van der Waals surface area contributed by atoms with Crippen LogP contribution < -0.4 is 0 Å². The van der Waals surface area contributed by atoms with Crippen molar-refractivity contribution >= 4 is 7.82 Å². The first kappa shape index (κ1) is 9.55. The first-order valence-corrected chi connectivity index (χ1v) is 5.51. The molecule has 0 bridgehead atoms. The van der Waals surface area contributed by atoms with Gasteiger partial charge in [-0.2, -0.15) is 0 Å². The second-order valence-corrected chi connectivity index (χ2v) is 4.39. The molecule has 13 heavy (non-hydrogen) atoms. The molecule has 0 spiro atoms. The van der Waals surface area contributed by atoms with Crippen LogP contribution in [0.2, 0.25) is 0 Å². The third-order valence-electron chi connectivity index (χ3n) is 1.76. The van der Waals surface area contributed by atoms with Crippen LogP contribution in [0.25, 0.3) is 0 Å². The van der Waals surface area contributed by atoms with Gasteiger partial charge in [-0.05, 0) is 0 Å². The van der Waals surface area contributed by atoms with Crippen LogP contribution in [0.4, 0.5) is 4.39 Å². The molecule has 0 aromatic heterocycles. The molecule has 2 unspecified atom stereocenters. The van der Waals surface area contributed by atoms with E-state index in [1.807, 2.05) is 0 Å². The quantitative estimate of drug-likeness (QED) is 0.650. The Bertz CT molecular complexity index is 225. The summed E-state index contributed by atoms with van der Waals surface area (Å²) >= 11 is 0. The second kappa shape index (κ2) is 3.63. The Labute approximate surface area is 74.7 Å². The molecule has 2 atom stereocenters. The maximum Gasteiger partial charge on any atom is 0.477 e. The zero-order valence-corrected chi connectivity index (χ0v) is 7.74. The van der Waals surface area contributed by atoms with Gasteiger partial charge in [0.15, 0.2) is 6.29 Å². The van der Waals surface area contributed by atoms with Crippen molar-refractivity contribution in [1.82, 2.24) is 0 Å². The van der Waals surface area contributed by atoms with Gasteiger partial charge in [0.2, 0.25) is 6.36 Å². The number of halogens is 1. The molecular formula is C6H10FO5P.